The van der Waals surface area contributed by atoms with E-state index in [9.17, 15) is 9.18 Å². The number of hydrogen-bond donors (Lipinski definition) is 1. The lowest BCUT2D eigenvalue weighted by atomic mass is 10.0. The zero-order valence-corrected chi connectivity index (χ0v) is 11.6. The molecule has 2 aromatic rings. The number of anilines is 1. The van der Waals surface area contributed by atoms with Crippen molar-refractivity contribution in [3.05, 3.63) is 72.1 Å². The third-order valence-corrected chi connectivity index (χ3v) is 3.73. The van der Waals surface area contributed by atoms with E-state index in [0.29, 0.717) is 11.3 Å². The van der Waals surface area contributed by atoms with Gasteiger partial charge >= 0.3 is 6.03 Å². The summed E-state index contributed by atoms with van der Waals surface area (Å²) in [4.78, 5) is 13.8. The molecule has 0 fully saturated rings. The van der Waals surface area contributed by atoms with Crippen molar-refractivity contribution in [2.75, 3.05) is 5.32 Å². The number of hydrogen-bond acceptors (Lipinski definition) is 1. The lowest BCUT2D eigenvalue weighted by Gasteiger charge is -2.35. The van der Waals surface area contributed by atoms with Crippen LogP contribution in [0.3, 0.4) is 0 Å². The Morgan fingerprint density at radius 1 is 1.14 bits per heavy atom. The molecule has 106 valence electrons. The second-order valence-electron chi connectivity index (χ2n) is 4.99. The van der Waals surface area contributed by atoms with Gasteiger partial charge in [-0.3, -0.25) is 4.90 Å². The van der Waals surface area contributed by atoms with Crippen LogP contribution in [0, 0.1) is 5.82 Å². The van der Waals surface area contributed by atoms with E-state index in [-0.39, 0.29) is 11.8 Å². The maximum atomic E-state index is 14.0. The number of halogens is 1. The van der Waals surface area contributed by atoms with Crippen LogP contribution >= 0.6 is 0 Å². The highest BCUT2D eigenvalue weighted by molar-refractivity contribution is 6.02. The third-order valence-electron chi connectivity index (χ3n) is 3.73. The summed E-state index contributed by atoms with van der Waals surface area (Å²) in [5.74, 6) is -0.329. The van der Waals surface area contributed by atoms with E-state index in [2.05, 4.69) is 11.9 Å². The fourth-order valence-corrected chi connectivity index (χ4v) is 2.63. The molecule has 2 amide bonds. The molecule has 21 heavy (non-hydrogen) atoms. The van der Waals surface area contributed by atoms with Gasteiger partial charge in [-0.25, -0.2) is 9.18 Å². The average Bonchev–Trinajstić information content (AvgIpc) is 2.47. The fraction of sp³-hybridized carbons (Fsp3) is 0.118. The average molecular weight is 282 g/mol. The first-order valence-corrected chi connectivity index (χ1v) is 6.72. The van der Waals surface area contributed by atoms with Crippen molar-refractivity contribution in [1.29, 1.82) is 0 Å². The van der Waals surface area contributed by atoms with Gasteiger partial charge in [0.1, 0.15) is 5.82 Å². The summed E-state index contributed by atoms with van der Waals surface area (Å²) in [6.07, 6.45) is 0. The number of carbonyl (C=O) groups excluding carboxylic acids is 1. The summed E-state index contributed by atoms with van der Waals surface area (Å²) in [5, 5.41) is 2.81. The number of benzene rings is 2. The SMILES string of the molecule is C=C1c2ccccc2NC(=O)N1C(C)c1ccccc1F. The molecule has 4 heteroatoms. The molecular weight excluding hydrogens is 267 g/mol. The standard InChI is InChI=1S/C17H15FN2O/c1-11(13-7-3-5-9-15(13)18)20-12(2)14-8-4-6-10-16(14)19-17(20)21/h3-11H,2H2,1H3,(H,19,21). The van der Waals surface area contributed by atoms with Gasteiger partial charge in [-0.2, -0.15) is 0 Å². The molecule has 3 nitrogen and oxygen atoms in total. The van der Waals surface area contributed by atoms with Crippen molar-refractivity contribution < 1.29 is 9.18 Å². The quantitative estimate of drug-likeness (QED) is 0.869. The van der Waals surface area contributed by atoms with Crippen molar-refractivity contribution in [2.24, 2.45) is 0 Å². The predicted octanol–water partition coefficient (Wildman–Crippen LogP) is 4.41. The van der Waals surface area contributed by atoms with Crippen LogP contribution in [0.25, 0.3) is 5.70 Å². The molecule has 2 aromatic carbocycles. The first-order chi connectivity index (χ1) is 10.1. The van der Waals surface area contributed by atoms with E-state index < -0.39 is 6.04 Å². The summed E-state index contributed by atoms with van der Waals surface area (Å²) in [6.45, 7) is 5.80. The van der Waals surface area contributed by atoms with E-state index in [1.54, 1.807) is 25.1 Å². The second-order valence-corrected chi connectivity index (χ2v) is 4.99. The first-order valence-electron chi connectivity index (χ1n) is 6.72. The van der Waals surface area contributed by atoms with Crippen LogP contribution in [0.4, 0.5) is 14.9 Å². The van der Waals surface area contributed by atoms with E-state index in [1.807, 2.05) is 24.3 Å². The minimum absolute atomic E-state index is 0.297. The van der Waals surface area contributed by atoms with Crippen molar-refractivity contribution in [1.82, 2.24) is 4.90 Å². The zero-order valence-electron chi connectivity index (χ0n) is 11.6. The van der Waals surface area contributed by atoms with Crippen LogP contribution in [0.15, 0.2) is 55.1 Å². The highest BCUT2D eigenvalue weighted by Crippen LogP contribution is 2.36. The van der Waals surface area contributed by atoms with E-state index in [1.165, 1.54) is 11.0 Å². The third kappa shape index (κ3) is 2.18. The normalized spacial score (nSPS) is 15.4. The van der Waals surface area contributed by atoms with E-state index in [0.717, 1.165) is 11.3 Å². The molecule has 0 aliphatic carbocycles. The zero-order chi connectivity index (χ0) is 15.0. The first kappa shape index (κ1) is 13.4. The highest BCUT2D eigenvalue weighted by Gasteiger charge is 2.31. The fourth-order valence-electron chi connectivity index (χ4n) is 2.63. The molecule has 1 aliphatic heterocycles. The Morgan fingerprint density at radius 3 is 2.57 bits per heavy atom. The Balaban J connectivity index is 2.02. The lowest BCUT2D eigenvalue weighted by molar-refractivity contribution is 0.219. The molecule has 1 aliphatic rings. The summed E-state index contributed by atoms with van der Waals surface area (Å²) >= 11 is 0. The molecule has 0 saturated heterocycles. The molecule has 1 N–H and O–H groups in total. The maximum Gasteiger partial charge on any atom is 0.326 e. The van der Waals surface area contributed by atoms with Crippen molar-refractivity contribution in [3.63, 3.8) is 0 Å². The summed E-state index contributed by atoms with van der Waals surface area (Å²) in [5.41, 5.74) is 2.61. The van der Waals surface area contributed by atoms with E-state index >= 15 is 0 Å². The molecule has 1 heterocycles. The Hall–Kier alpha value is -2.62. The molecule has 0 aromatic heterocycles. The number of fused-ring (bicyclic) bond motifs is 1. The molecule has 0 bridgehead atoms. The van der Waals surface area contributed by atoms with Crippen LogP contribution in [0.1, 0.15) is 24.1 Å². The van der Waals surface area contributed by atoms with Crippen LogP contribution in [0.5, 0.6) is 0 Å². The minimum Gasteiger partial charge on any atom is -0.307 e. The van der Waals surface area contributed by atoms with Gasteiger partial charge in [-0.1, -0.05) is 43.0 Å². The Labute approximate surface area is 122 Å². The number of urea groups is 1. The molecule has 0 radical (unpaired) electrons. The number of nitrogens with zero attached hydrogens (tertiary/aromatic N) is 1. The van der Waals surface area contributed by atoms with Gasteiger partial charge in [0.15, 0.2) is 0 Å². The number of rotatable bonds is 2. The monoisotopic (exact) mass is 282 g/mol. The maximum absolute atomic E-state index is 14.0. The van der Waals surface area contributed by atoms with Gasteiger partial charge in [0.25, 0.3) is 0 Å². The van der Waals surface area contributed by atoms with Crippen LogP contribution in [-0.2, 0) is 0 Å². The van der Waals surface area contributed by atoms with Gasteiger partial charge < -0.3 is 5.32 Å². The smallest absolute Gasteiger partial charge is 0.307 e. The molecule has 0 saturated carbocycles. The van der Waals surface area contributed by atoms with Crippen LogP contribution < -0.4 is 5.32 Å². The molecular formula is C17H15FN2O. The van der Waals surface area contributed by atoms with Gasteiger partial charge in [0.2, 0.25) is 0 Å². The Kier molecular flexibility index (Phi) is 3.22. The van der Waals surface area contributed by atoms with E-state index in [4.69, 9.17) is 0 Å². The number of carbonyl (C=O) groups is 1. The van der Waals surface area contributed by atoms with Gasteiger partial charge in [-0.05, 0) is 19.1 Å². The Morgan fingerprint density at radius 2 is 1.81 bits per heavy atom. The topological polar surface area (TPSA) is 32.3 Å². The van der Waals surface area contributed by atoms with Crippen LogP contribution in [-0.4, -0.2) is 10.9 Å². The number of nitrogens with one attached hydrogen (secondary N) is 1. The molecule has 3 rings (SSSR count). The number of para-hydroxylation sites is 1. The predicted molar refractivity (Wildman–Crippen MR) is 81.1 cm³/mol. The van der Waals surface area contributed by atoms with Gasteiger partial charge in [-0.15, -0.1) is 0 Å². The molecule has 1 unspecified atom stereocenters. The minimum atomic E-state index is -0.438. The molecule has 1 atom stereocenters. The largest absolute Gasteiger partial charge is 0.326 e. The van der Waals surface area contributed by atoms with Crippen molar-refractivity contribution in [3.8, 4) is 0 Å². The second kappa shape index (κ2) is 5.05. The molecule has 0 spiro atoms. The van der Waals surface area contributed by atoms with Crippen LogP contribution in [0.2, 0.25) is 0 Å². The van der Waals surface area contributed by atoms with Gasteiger partial charge in [0, 0.05) is 16.8 Å². The Bertz CT molecular complexity index is 726. The summed E-state index contributed by atoms with van der Waals surface area (Å²) < 4.78 is 14.0. The summed E-state index contributed by atoms with van der Waals surface area (Å²) in [7, 11) is 0. The number of amides is 2. The summed E-state index contributed by atoms with van der Waals surface area (Å²) in [6, 6.07) is 13.2. The highest BCUT2D eigenvalue weighted by atomic mass is 19.1. The lowest BCUT2D eigenvalue weighted by Crippen LogP contribution is -2.39. The van der Waals surface area contributed by atoms with Crippen molar-refractivity contribution in [2.45, 2.75) is 13.0 Å². The van der Waals surface area contributed by atoms with Crippen molar-refractivity contribution >= 4 is 17.4 Å². The van der Waals surface area contributed by atoms with Gasteiger partial charge in [0.05, 0.1) is 11.7 Å².